The lowest BCUT2D eigenvalue weighted by Gasteiger charge is -2.42. The van der Waals surface area contributed by atoms with E-state index < -0.39 is 0 Å². The molecule has 1 amide bonds. The van der Waals surface area contributed by atoms with Crippen molar-refractivity contribution < 1.29 is 4.79 Å². The van der Waals surface area contributed by atoms with Crippen molar-refractivity contribution in [1.29, 1.82) is 0 Å². The predicted molar refractivity (Wildman–Crippen MR) is 78.7 cm³/mol. The fourth-order valence-corrected chi connectivity index (χ4v) is 3.95. The molecule has 2 rings (SSSR count). The summed E-state index contributed by atoms with van der Waals surface area (Å²) in [6, 6.07) is 0.721. The number of hydrogen-bond donors (Lipinski definition) is 1. The lowest BCUT2D eigenvalue weighted by molar-refractivity contribution is -0.142. The summed E-state index contributed by atoms with van der Waals surface area (Å²) in [5.74, 6) is 1.27. The van der Waals surface area contributed by atoms with E-state index in [0.29, 0.717) is 17.9 Å². The zero-order valence-electron chi connectivity index (χ0n) is 12.6. The summed E-state index contributed by atoms with van der Waals surface area (Å²) in [5, 5.41) is 0. The summed E-state index contributed by atoms with van der Waals surface area (Å²) in [6.45, 7) is 5.51. The average Bonchev–Trinajstić information content (AvgIpc) is 2.40. The fraction of sp³-hybridized carbons (Fsp3) is 0.938. The van der Waals surface area contributed by atoms with Gasteiger partial charge in [-0.25, -0.2) is 0 Å². The van der Waals surface area contributed by atoms with E-state index in [2.05, 4.69) is 18.7 Å². The molecular weight excluding hydrogens is 236 g/mol. The highest BCUT2D eigenvalue weighted by atomic mass is 16.2. The maximum Gasteiger partial charge on any atom is 0.225 e. The smallest absolute Gasteiger partial charge is 0.225 e. The number of piperidine rings is 1. The topological polar surface area (TPSA) is 46.3 Å². The third-order valence-electron chi connectivity index (χ3n) is 5.05. The maximum atomic E-state index is 12.8. The molecule has 1 saturated carbocycles. The Balaban J connectivity index is 2.02. The maximum absolute atomic E-state index is 12.8. The van der Waals surface area contributed by atoms with Crippen LogP contribution in [0.3, 0.4) is 0 Å². The van der Waals surface area contributed by atoms with Gasteiger partial charge in [0.25, 0.3) is 0 Å². The highest BCUT2D eigenvalue weighted by Crippen LogP contribution is 2.31. The highest BCUT2D eigenvalue weighted by molar-refractivity contribution is 5.79. The molecule has 1 saturated heterocycles. The van der Waals surface area contributed by atoms with Gasteiger partial charge in [0.15, 0.2) is 0 Å². The van der Waals surface area contributed by atoms with Crippen molar-refractivity contribution in [2.75, 3.05) is 6.54 Å². The first-order valence-electron chi connectivity index (χ1n) is 8.19. The normalized spacial score (nSPS) is 36.3. The number of likely N-dealkylation sites (tertiary alicyclic amines) is 1. The van der Waals surface area contributed by atoms with E-state index in [1.807, 2.05) is 0 Å². The predicted octanol–water partition coefficient (Wildman–Crippen LogP) is 2.93. The molecule has 2 fully saturated rings. The average molecular weight is 266 g/mol. The van der Waals surface area contributed by atoms with E-state index >= 15 is 0 Å². The van der Waals surface area contributed by atoms with Gasteiger partial charge in [0.05, 0.1) is 0 Å². The quantitative estimate of drug-likeness (QED) is 0.853. The molecule has 0 aromatic rings. The molecule has 3 heteroatoms. The Morgan fingerprint density at radius 3 is 2.74 bits per heavy atom. The highest BCUT2D eigenvalue weighted by Gasteiger charge is 2.35. The van der Waals surface area contributed by atoms with Gasteiger partial charge in [0, 0.05) is 24.5 Å². The van der Waals surface area contributed by atoms with Crippen molar-refractivity contribution in [3.05, 3.63) is 0 Å². The zero-order chi connectivity index (χ0) is 13.8. The molecule has 0 aromatic carbocycles. The van der Waals surface area contributed by atoms with E-state index in [4.69, 9.17) is 5.73 Å². The molecule has 4 unspecified atom stereocenters. The molecular formula is C16H30N2O. The van der Waals surface area contributed by atoms with Crippen LogP contribution in [-0.4, -0.2) is 29.4 Å². The van der Waals surface area contributed by atoms with Crippen molar-refractivity contribution in [3.8, 4) is 0 Å². The summed E-state index contributed by atoms with van der Waals surface area (Å²) in [4.78, 5) is 15.0. The van der Waals surface area contributed by atoms with Gasteiger partial charge in [-0.3, -0.25) is 4.79 Å². The number of carbonyl (C=O) groups is 1. The van der Waals surface area contributed by atoms with Gasteiger partial charge < -0.3 is 10.6 Å². The Morgan fingerprint density at radius 2 is 2.05 bits per heavy atom. The second-order valence-electron chi connectivity index (χ2n) is 6.63. The molecule has 110 valence electrons. The SMILES string of the molecule is CCCC1C(C)CCCN1C(=O)C1CCCC(N)C1. The minimum absolute atomic E-state index is 0.202. The molecule has 0 spiro atoms. The molecule has 3 nitrogen and oxygen atoms in total. The summed E-state index contributed by atoms with van der Waals surface area (Å²) in [7, 11) is 0. The van der Waals surface area contributed by atoms with Crippen LogP contribution in [-0.2, 0) is 4.79 Å². The van der Waals surface area contributed by atoms with Crippen molar-refractivity contribution in [2.24, 2.45) is 17.6 Å². The molecule has 0 radical (unpaired) electrons. The third kappa shape index (κ3) is 3.50. The van der Waals surface area contributed by atoms with Gasteiger partial charge in [0.2, 0.25) is 5.91 Å². The van der Waals surface area contributed by atoms with Gasteiger partial charge in [-0.05, 0) is 44.4 Å². The number of rotatable bonds is 3. The Kier molecular flexibility index (Phi) is 5.26. The second kappa shape index (κ2) is 6.74. The molecule has 0 bridgehead atoms. The number of carbonyl (C=O) groups excluding carboxylic acids is 1. The monoisotopic (exact) mass is 266 g/mol. The van der Waals surface area contributed by atoms with Gasteiger partial charge in [-0.1, -0.05) is 26.7 Å². The van der Waals surface area contributed by atoms with Gasteiger partial charge in [0.1, 0.15) is 0 Å². The van der Waals surface area contributed by atoms with Crippen molar-refractivity contribution in [1.82, 2.24) is 4.90 Å². The first kappa shape index (κ1) is 14.8. The molecule has 1 heterocycles. The number of amides is 1. The fourth-order valence-electron chi connectivity index (χ4n) is 3.95. The summed E-state index contributed by atoms with van der Waals surface area (Å²) in [6.07, 6.45) is 8.95. The van der Waals surface area contributed by atoms with Crippen LogP contribution in [0.4, 0.5) is 0 Å². The van der Waals surface area contributed by atoms with Crippen LogP contribution in [0, 0.1) is 11.8 Å². The summed E-state index contributed by atoms with van der Waals surface area (Å²) >= 11 is 0. The minimum Gasteiger partial charge on any atom is -0.339 e. The molecule has 19 heavy (non-hydrogen) atoms. The van der Waals surface area contributed by atoms with E-state index in [-0.39, 0.29) is 12.0 Å². The molecule has 4 atom stereocenters. The second-order valence-corrected chi connectivity index (χ2v) is 6.63. The largest absolute Gasteiger partial charge is 0.339 e. The van der Waals surface area contributed by atoms with Gasteiger partial charge in [-0.2, -0.15) is 0 Å². The molecule has 1 aliphatic heterocycles. The van der Waals surface area contributed by atoms with Crippen LogP contribution < -0.4 is 5.73 Å². The lowest BCUT2D eigenvalue weighted by atomic mass is 9.82. The molecule has 0 aromatic heterocycles. The number of hydrogen-bond acceptors (Lipinski definition) is 2. The Morgan fingerprint density at radius 1 is 1.26 bits per heavy atom. The Hall–Kier alpha value is -0.570. The first-order chi connectivity index (χ1) is 9.13. The molecule has 2 N–H and O–H groups in total. The first-order valence-corrected chi connectivity index (χ1v) is 8.19. The molecule has 2 aliphatic rings. The van der Waals surface area contributed by atoms with E-state index in [1.165, 1.54) is 19.3 Å². The van der Waals surface area contributed by atoms with Gasteiger partial charge >= 0.3 is 0 Å². The van der Waals surface area contributed by atoms with Crippen LogP contribution in [0.5, 0.6) is 0 Å². The summed E-state index contributed by atoms with van der Waals surface area (Å²) < 4.78 is 0. The summed E-state index contributed by atoms with van der Waals surface area (Å²) in [5.41, 5.74) is 6.04. The van der Waals surface area contributed by atoms with Crippen LogP contribution >= 0.6 is 0 Å². The number of nitrogens with zero attached hydrogens (tertiary/aromatic N) is 1. The Bertz CT molecular complexity index is 305. The van der Waals surface area contributed by atoms with Crippen molar-refractivity contribution >= 4 is 5.91 Å². The van der Waals surface area contributed by atoms with Crippen molar-refractivity contribution in [3.63, 3.8) is 0 Å². The zero-order valence-corrected chi connectivity index (χ0v) is 12.6. The minimum atomic E-state index is 0.202. The van der Waals surface area contributed by atoms with E-state index in [0.717, 1.165) is 38.6 Å². The van der Waals surface area contributed by atoms with E-state index in [1.54, 1.807) is 0 Å². The lowest BCUT2D eigenvalue weighted by Crippen LogP contribution is -2.51. The Labute approximate surface area is 117 Å². The molecule has 1 aliphatic carbocycles. The van der Waals surface area contributed by atoms with Crippen LogP contribution in [0.25, 0.3) is 0 Å². The van der Waals surface area contributed by atoms with Crippen LogP contribution in [0.15, 0.2) is 0 Å². The van der Waals surface area contributed by atoms with Crippen LogP contribution in [0.1, 0.15) is 65.2 Å². The number of nitrogens with two attached hydrogens (primary N) is 1. The van der Waals surface area contributed by atoms with Crippen LogP contribution in [0.2, 0.25) is 0 Å². The van der Waals surface area contributed by atoms with E-state index in [9.17, 15) is 4.79 Å². The third-order valence-corrected chi connectivity index (χ3v) is 5.05. The van der Waals surface area contributed by atoms with Crippen molar-refractivity contribution in [2.45, 2.75) is 77.3 Å². The standard InChI is InChI=1S/C16H30N2O/c1-3-6-15-12(2)7-5-10-18(15)16(19)13-8-4-9-14(17)11-13/h12-15H,3-11,17H2,1-2H3. The van der Waals surface area contributed by atoms with Gasteiger partial charge in [-0.15, -0.1) is 0 Å².